The normalized spacial score (nSPS) is 45.1. The standard InChI is InChI=1S/C17H25N3O/c1-2-12(9-18-3-1)16-19-17(21-20-16)15-13-5-10-4-11(7-13)8-14(15)6-10/h10-15,18H,1-9H2. The van der Waals surface area contributed by atoms with Crippen molar-refractivity contribution in [3.63, 3.8) is 0 Å². The molecule has 0 spiro atoms. The molecule has 4 bridgehead atoms. The number of rotatable bonds is 2. The molecule has 21 heavy (non-hydrogen) atoms. The van der Waals surface area contributed by atoms with E-state index in [4.69, 9.17) is 9.51 Å². The highest BCUT2D eigenvalue weighted by Crippen LogP contribution is 2.59. The van der Waals surface area contributed by atoms with E-state index in [1.807, 2.05) is 0 Å². The molecule has 114 valence electrons. The molecule has 1 unspecified atom stereocenters. The van der Waals surface area contributed by atoms with Gasteiger partial charge in [0.15, 0.2) is 5.82 Å². The first-order valence-corrected chi connectivity index (χ1v) is 8.91. The average molecular weight is 287 g/mol. The third-order valence-corrected chi connectivity index (χ3v) is 6.63. The first-order valence-electron chi connectivity index (χ1n) is 8.91. The molecule has 4 aliphatic carbocycles. The fraction of sp³-hybridized carbons (Fsp3) is 0.882. The summed E-state index contributed by atoms with van der Waals surface area (Å²) < 4.78 is 5.75. The highest BCUT2D eigenvalue weighted by Gasteiger charge is 2.50. The number of hydrogen-bond donors (Lipinski definition) is 1. The Labute approximate surface area is 126 Å². The molecule has 1 aromatic rings. The van der Waals surface area contributed by atoms with E-state index in [0.29, 0.717) is 11.8 Å². The molecule has 0 radical (unpaired) electrons. The van der Waals surface area contributed by atoms with Crippen molar-refractivity contribution in [2.45, 2.75) is 56.8 Å². The topological polar surface area (TPSA) is 51.0 Å². The van der Waals surface area contributed by atoms with Crippen LogP contribution in [-0.2, 0) is 0 Å². The maximum atomic E-state index is 5.75. The lowest BCUT2D eigenvalue weighted by Gasteiger charge is -2.53. The molecule has 4 heteroatoms. The molecule has 5 fully saturated rings. The summed E-state index contributed by atoms with van der Waals surface area (Å²) in [4.78, 5) is 4.86. The van der Waals surface area contributed by atoms with E-state index in [-0.39, 0.29) is 0 Å². The lowest BCUT2D eigenvalue weighted by Crippen LogP contribution is -2.43. The molecule has 6 rings (SSSR count). The largest absolute Gasteiger partial charge is 0.339 e. The van der Waals surface area contributed by atoms with Gasteiger partial charge in [0.05, 0.1) is 0 Å². The van der Waals surface area contributed by atoms with Crippen molar-refractivity contribution in [1.82, 2.24) is 15.5 Å². The minimum atomic E-state index is 0.466. The second-order valence-corrected chi connectivity index (χ2v) is 7.99. The first-order chi connectivity index (χ1) is 10.4. The van der Waals surface area contributed by atoms with Crippen LogP contribution in [0.1, 0.15) is 68.5 Å². The number of nitrogens with zero attached hydrogens (tertiary/aromatic N) is 2. The van der Waals surface area contributed by atoms with E-state index in [1.54, 1.807) is 0 Å². The molecule has 5 aliphatic rings. The lowest BCUT2D eigenvalue weighted by atomic mass is 9.52. The van der Waals surface area contributed by atoms with Crippen molar-refractivity contribution < 1.29 is 4.52 Å². The fourth-order valence-electron chi connectivity index (χ4n) is 5.95. The zero-order valence-corrected chi connectivity index (χ0v) is 12.6. The van der Waals surface area contributed by atoms with Crippen molar-refractivity contribution in [3.05, 3.63) is 11.7 Å². The molecule has 0 amide bonds. The van der Waals surface area contributed by atoms with Crippen LogP contribution < -0.4 is 5.32 Å². The van der Waals surface area contributed by atoms with Gasteiger partial charge in [0.2, 0.25) is 5.89 Å². The molecule has 2 heterocycles. The SMILES string of the molecule is C1CNCC(c2noc(C3C4CC5CC(C4)CC3C5)n2)C1. The van der Waals surface area contributed by atoms with Gasteiger partial charge in [-0.3, -0.25) is 0 Å². The molecule has 4 saturated carbocycles. The Kier molecular flexibility index (Phi) is 2.89. The Hall–Kier alpha value is -0.900. The predicted molar refractivity (Wildman–Crippen MR) is 78.9 cm³/mol. The highest BCUT2D eigenvalue weighted by molar-refractivity contribution is 5.10. The summed E-state index contributed by atoms with van der Waals surface area (Å²) in [7, 11) is 0. The van der Waals surface area contributed by atoms with Gasteiger partial charge < -0.3 is 9.84 Å². The van der Waals surface area contributed by atoms with E-state index >= 15 is 0 Å². The van der Waals surface area contributed by atoms with Crippen LogP contribution in [0, 0.1) is 23.7 Å². The Bertz CT molecular complexity index is 492. The molecule has 0 aromatic carbocycles. The highest BCUT2D eigenvalue weighted by atomic mass is 16.5. The minimum Gasteiger partial charge on any atom is -0.339 e. The third kappa shape index (κ3) is 2.06. The van der Waals surface area contributed by atoms with Gasteiger partial charge in [0.25, 0.3) is 0 Å². The van der Waals surface area contributed by atoms with Crippen LogP contribution in [0.5, 0.6) is 0 Å². The van der Waals surface area contributed by atoms with Crippen LogP contribution in [0.15, 0.2) is 4.52 Å². The lowest BCUT2D eigenvalue weighted by molar-refractivity contribution is -0.0131. The van der Waals surface area contributed by atoms with Gasteiger partial charge in [0, 0.05) is 18.4 Å². The summed E-state index contributed by atoms with van der Waals surface area (Å²) in [6.45, 7) is 2.15. The molecular weight excluding hydrogens is 262 g/mol. The van der Waals surface area contributed by atoms with Crippen molar-refractivity contribution in [3.8, 4) is 0 Å². The monoisotopic (exact) mass is 287 g/mol. The summed E-state index contributed by atoms with van der Waals surface area (Å²) >= 11 is 0. The zero-order valence-electron chi connectivity index (χ0n) is 12.6. The summed E-state index contributed by atoms with van der Waals surface area (Å²) in [5.41, 5.74) is 0. The molecular formula is C17H25N3O. The van der Waals surface area contributed by atoms with Gasteiger partial charge in [-0.05, 0) is 75.2 Å². The quantitative estimate of drug-likeness (QED) is 0.908. The van der Waals surface area contributed by atoms with Crippen LogP contribution >= 0.6 is 0 Å². The first kappa shape index (κ1) is 12.6. The summed E-state index contributed by atoms with van der Waals surface area (Å²) in [6.07, 6.45) is 9.60. The van der Waals surface area contributed by atoms with Crippen LogP contribution in [0.3, 0.4) is 0 Å². The number of aromatic nitrogens is 2. The van der Waals surface area contributed by atoms with E-state index < -0.39 is 0 Å². The van der Waals surface area contributed by atoms with Crippen molar-refractivity contribution in [2.75, 3.05) is 13.1 Å². The van der Waals surface area contributed by atoms with Gasteiger partial charge in [0.1, 0.15) is 0 Å². The van der Waals surface area contributed by atoms with E-state index in [2.05, 4.69) is 10.5 Å². The number of piperidine rings is 1. The molecule has 4 nitrogen and oxygen atoms in total. The maximum absolute atomic E-state index is 5.75. The van der Waals surface area contributed by atoms with Crippen molar-refractivity contribution in [1.29, 1.82) is 0 Å². The van der Waals surface area contributed by atoms with Gasteiger partial charge in [-0.2, -0.15) is 4.98 Å². The van der Waals surface area contributed by atoms with Crippen LogP contribution in [-0.4, -0.2) is 23.2 Å². The van der Waals surface area contributed by atoms with Gasteiger partial charge >= 0.3 is 0 Å². The number of hydrogen-bond acceptors (Lipinski definition) is 4. The zero-order chi connectivity index (χ0) is 13.8. The Morgan fingerprint density at radius 1 is 1.00 bits per heavy atom. The van der Waals surface area contributed by atoms with Crippen molar-refractivity contribution in [2.24, 2.45) is 23.7 Å². The van der Waals surface area contributed by atoms with E-state index in [9.17, 15) is 0 Å². The second-order valence-electron chi connectivity index (χ2n) is 7.99. The van der Waals surface area contributed by atoms with Crippen LogP contribution in [0.4, 0.5) is 0 Å². The Balaban J connectivity index is 1.39. The summed E-state index contributed by atoms with van der Waals surface area (Å²) in [5.74, 6) is 6.67. The van der Waals surface area contributed by atoms with Gasteiger partial charge in [-0.1, -0.05) is 5.16 Å². The number of nitrogens with one attached hydrogen (secondary N) is 1. The van der Waals surface area contributed by atoms with Crippen LogP contribution in [0.2, 0.25) is 0 Å². The second kappa shape index (κ2) is 4.80. The third-order valence-electron chi connectivity index (χ3n) is 6.63. The average Bonchev–Trinajstić information content (AvgIpc) is 2.97. The van der Waals surface area contributed by atoms with Gasteiger partial charge in [-0.25, -0.2) is 0 Å². The smallest absolute Gasteiger partial charge is 0.230 e. The summed E-state index contributed by atoms with van der Waals surface area (Å²) in [6, 6.07) is 0. The van der Waals surface area contributed by atoms with Gasteiger partial charge in [-0.15, -0.1) is 0 Å². The molecule has 1 atom stereocenters. The maximum Gasteiger partial charge on any atom is 0.230 e. The van der Waals surface area contributed by atoms with Crippen LogP contribution in [0.25, 0.3) is 0 Å². The van der Waals surface area contributed by atoms with E-state index in [1.165, 1.54) is 44.9 Å². The molecule has 1 saturated heterocycles. The Morgan fingerprint density at radius 2 is 1.76 bits per heavy atom. The Morgan fingerprint density at radius 3 is 2.43 bits per heavy atom. The minimum absolute atomic E-state index is 0.466. The molecule has 1 aliphatic heterocycles. The molecule has 1 N–H and O–H groups in total. The fourth-order valence-corrected chi connectivity index (χ4v) is 5.95. The predicted octanol–water partition coefficient (Wildman–Crippen LogP) is 3.08. The summed E-state index contributed by atoms with van der Waals surface area (Å²) in [5, 5.41) is 7.80. The van der Waals surface area contributed by atoms with E-state index in [0.717, 1.165) is 48.5 Å². The molecule has 1 aromatic heterocycles. The van der Waals surface area contributed by atoms with Crippen molar-refractivity contribution >= 4 is 0 Å².